The summed E-state index contributed by atoms with van der Waals surface area (Å²) in [7, 11) is -9.92. The van der Waals surface area contributed by atoms with Gasteiger partial charge in [-0.05, 0) is 88.0 Å². The number of ether oxygens (including phenoxy) is 1. The van der Waals surface area contributed by atoms with E-state index in [1.807, 2.05) is 0 Å². The molecular weight excluding hydrogens is 830 g/mol. The normalized spacial score (nSPS) is 14.2. The third-order valence-corrected chi connectivity index (χ3v) is 11.9. The minimum Gasteiger partial charge on any atom is -0.506 e. The number of rotatable bonds is 4. The molecule has 38 heavy (non-hydrogen) atoms. The van der Waals surface area contributed by atoms with Crippen LogP contribution in [-0.2, 0) is 30.6 Å². The molecule has 0 spiro atoms. The molecule has 0 saturated heterocycles. The first-order valence-electron chi connectivity index (χ1n) is 9.23. The van der Waals surface area contributed by atoms with Gasteiger partial charge in [-0.1, -0.05) is 12.1 Å². The molecule has 0 bridgehead atoms. The van der Waals surface area contributed by atoms with E-state index in [9.17, 15) is 40.9 Å². The maximum atomic E-state index is 13.2. The van der Waals surface area contributed by atoms with Crippen molar-refractivity contribution in [2.75, 3.05) is 0 Å². The SMILES string of the molecule is O=C1OC(c2ccc(O)c(S(=O)(=O)O)c2)(c2ccc(O)c(S(=O)(=O)O)c2)c2c(Br)c(Br)c(Br)c(Br)c21.[Na].[Na]. The van der Waals surface area contributed by atoms with Crippen molar-refractivity contribution in [3.63, 3.8) is 0 Å². The smallest absolute Gasteiger partial charge is 0.341 e. The summed E-state index contributed by atoms with van der Waals surface area (Å²) in [6.07, 6.45) is 0. The standard InChI is InChI=1S/C20H10Br4O10S2.2Na/c21-15-13-14(16(22)18(24)17(15)23)20(34-19(13)27,7-1-3-9(25)11(5-7)35(28,29)30)8-2-4-10(26)12(6-8)36(31,32)33;;/h1-6,25-26H,(H,28,29,30)(H,31,32,33);;. The van der Waals surface area contributed by atoms with Crippen LogP contribution in [0.1, 0.15) is 27.0 Å². The second-order valence-electron chi connectivity index (χ2n) is 7.39. The Morgan fingerprint density at radius 2 is 1.08 bits per heavy atom. The number of aromatic hydroxyl groups is 2. The molecule has 192 valence electrons. The summed E-state index contributed by atoms with van der Waals surface area (Å²) in [5.74, 6) is -2.52. The van der Waals surface area contributed by atoms with E-state index < -0.39 is 53.1 Å². The summed E-state index contributed by atoms with van der Waals surface area (Å²) in [6, 6.07) is 5.97. The van der Waals surface area contributed by atoms with Crippen molar-refractivity contribution in [1.82, 2.24) is 0 Å². The Hall–Kier alpha value is 0.470. The molecular formula is C20H10Br4Na2O10S2. The molecule has 0 amide bonds. The van der Waals surface area contributed by atoms with Crippen molar-refractivity contribution in [2.24, 2.45) is 0 Å². The average Bonchev–Trinajstić information content (AvgIpc) is 3.09. The summed E-state index contributed by atoms with van der Waals surface area (Å²) in [5, 5.41) is 20.1. The van der Waals surface area contributed by atoms with E-state index in [4.69, 9.17) is 4.74 Å². The monoisotopic (exact) mass is 836 g/mol. The summed E-state index contributed by atoms with van der Waals surface area (Å²) >= 11 is 13.4. The Kier molecular flexibility index (Phi) is 10.9. The van der Waals surface area contributed by atoms with Gasteiger partial charge in [0.2, 0.25) is 0 Å². The molecule has 0 aromatic heterocycles. The van der Waals surface area contributed by atoms with Gasteiger partial charge in [0.15, 0.2) is 5.60 Å². The molecule has 2 radical (unpaired) electrons. The third-order valence-electron chi connectivity index (χ3n) is 5.36. The van der Waals surface area contributed by atoms with Gasteiger partial charge in [-0.3, -0.25) is 9.11 Å². The van der Waals surface area contributed by atoms with E-state index in [1.54, 1.807) is 0 Å². The van der Waals surface area contributed by atoms with Gasteiger partial charge in [-0.25, -0.2) is 4.79 Å². The number of halogens is 4. The minimum absolute atomic E-state index is 0. The molecule has 4 rings (SSSR count). The van der Waals surface area contributed by atoms with E-state index in [2.05, 4.69) is 63.7 Å². The van der Waals surface area contributed by atoms with Crippen molar-refractivity contribution in [1.29, 1.82) is 0 Å². The summed E-state index contributed by atoms with van der Waals surface area (Å²) in [4.78, 5) is 11.4. The second-order valence-corrected chi connectivity index (χ2v) is 13.3. The largest absolute Gasteiger partial charge is 0.506 e. The Balaban J connectivity index is 0.00000253. The van der Waals surface area contributed by atoms with Crippen molar-refractivity contribution in [2.45, 2.75) is 15.4 Å². The zero-order valence-electron chi connectivity index (χ0n) is 19.0. The third kappa shape index (κ3) is 5.73. The first-order valence-corrected chi connectivity index (χ1v) is 15.3. The van der Waals surface area contributed by atoms with Crippen LogP contribution < -0.4 is 0 Å². The maximum Gasteiger partial charge on any atom is 0.341 e. The van der Waals surface area contributed by atoms with Crippen molar-refractivity contribution >= 4 is 149 Å². The van der Waals surface area contributed by atoms with Crippen molar-refractivity contribution < 1.29 is 45.7 Å². The van der Waals surface area contributed by atoms with Gasteiger partial charge in [0.25, 0.3) is 20.2 Å². The van der Waals surface area contributed by atoms with Crippen LogP contribution in [0, 0.1) is 0 Å². The summed E-state index contributed by atoms with van der Waals surface area (Å²) in [5.41, 5.74) is -2.31. The molecule has 3 aromatic rings. The molecule has 0 saturated carbocycles. The fourth-order valence-electron chi connectivity index (χ4n) is 3.85. The molecule has 0 aliphatic carbocycles. The maximum absolute atomic E-state index is 13.2. The number of benzene rings is 3. The van der Waals surface area contributed by atoms with E-state index in [0.29, 0.717) is 8.95 Å². The number of fused-ring (bicyclic) bond motifs is 1. The first kappa shape index (κ1) is 34.7. The number of esters is 1. The molecule has 0 unspecified atom stereocenters. The van der Waals surface area contributed by atoms with Gasteiger partial charge in [0.05, 0.1) is 5.56 Å². The minimum atomic E-state index is -4.96. The van der Waals surface area contributed by atoms with E-state index >= 15 is 0 Å². The van der Waals surface area contributed by atoms with Crippen LogP contribution >= 0.6 is 63.7 Å². The molecule has 4 N–H and O–H groups in total. The van der Waals surface area contributed by atoms with Crippen LogP contribution in [0.25, 0.3) is 0 Å². The molecule has 1 heterocycles. The number of carbonyl (C=O) groups is 1. The molecule has 1 aliphatic heterocycles. The topological polar surface area (TPSA) is 176 Å². The predicted octanol–water partition coefficient (Wildman–Crippen LogP) is 4.34. The Morgan fingerprint density at radius 1 is 0.684 bits per heavy atom. The molecule has 10 nitrogen and oxygen atoms in total. The number of cyclic esters (lactones) is 1. The fourth-order valence-corrected chi connectivity index (χ4v) is 7.62. The van der Waals surface area contributed by atoms with Crippen molar-refractivity contribution in [3.8, 4) is 11.5 Å². The molecule has 0 fully saturated rings. The van der Waals surface area contributed by atoms with Gasteiger partial charge in [-0.15, -0.1) is 0 Å². The second kappa shape index (κ2) is 12.0. The fraction of sp³-hybridized carbons (Fsp3) is 0.0500. The molecule has 0 atom stereocenters. The Bertz CT molecular complexity index is 1630. The summed E-state index contributed by atoms with van der Waals surface area (Å²) < 4.78 is 74.1. The first-order chi connectivity index (χ1) is 16.5. The van der Waals surface area contributed by atoms with E-state index in [1.165, 1.54) is 12.1 Å². The van der Waals surface area contributed by atoms with E-state index in [0.717, 1.165) is 24.3 Å². The van der Waals surface area contributed by atoms with Crippen LogP contribution in [0.2, 0.25) is 0 Å². The van der Waals surface area contributed by atoms with Gasteiger partial charge < -0.3 is 14.9 Å². The number of phenols is 2. The molecule has 3 aromatic carbocycles. The van der Waals surface area contributed by atoms with Gasteiger partial charge >= 0.3 is 5.97 Å². The summed E-state index contributed by atoms with van der Waals surface area (Å²) in [6.45, 7) is 0. The van der Waals surface area contributed by atoms with Gasteiger partial charge in [0.1, 0.15) is 21.3 Å². The van der Waals surface area contributed by atoms with E-state index in [-0.39, 0.29) is 90.3 Å². The quantitative estimate of drug-likeness (QED) is 0.0973. The zero-order chi connectivity index (χ0) is 27.0. The Labute approximate surface area is 294 Å². The predicted molar refractivity (Wildman–Crippen MR) is 150 cm³/mol. The molecule has 18 heteroatoms. The van der Waals surface area contributed by atoms with Crippen LogP contribution in [0.5, 0.6) is 11.5 Å². The van der Waals surface area contributed by atoms with Crippen LogP contribution in [0.3, 0.4) is 0 Å². The number of carbonyl (C=O) groups excluding carboxylic acids is 1. The van der Waals surface area contributed by atoms with Gasteiger partial charge in [-0.2, -0.15) is 16.8 Å². The van der Waals surface area contributed by atoms with Crippen LogP contribution in [-0.4, -0.2) is 101 Å². The van der Waals surface area contributed by atoms with Crippen molar-refractivity contribution in [3.05, 3.63) is 76.5 Å². The molecule has 1 aliphatic rings. The number of phenolic OH excluding ortho intramolecular Hbond substituents is 2. The van der Waals surface area contributed by atoms with Crippen LogP contribution in [0.15, 0.2) is 64.1 Å². The van der Waals surface area contributed by atoms with Gasteiger partial charge in [0, 0.05) is 93.7 Å². The Morgan fingerprint density at radius 3 is 1.47 bits per heavy atom. The van der Waals surface area contributed by atoms with Crippen LogP contribution in [0.4, 0.5) is 0 Å². The zero-order valence-corrected chi connectivity index (χ0v) is 31.0. The number of hydrogen-bond acceptors (Lipinski definition) is 8. The number of hydrogen-bond donors (Lipinski definition) is 4. The average molecular weight is 840 g/mol.